The van der Waals surface area contributed by atoms with Gasteiger partial charge in [-0.05, 0) is 32.1 Å². The normalized spacial score (nSPS) is 11.6. The monoisotopic (exact) mass is 532 g/mol. The molecule has 0 fully saturated rings. The summed E-state index contributed by atoms with van der Waals surface area (Å²) in [6, 6.07) is 0. The van der Waals surface area contributed by atoms with Crippen molar-refractivity contribution >= 4 is 0 Å². The Labute approximate surface area is 240 Å². The fourth-order valence-corrected chi connectivity index (χ4v) is 5.95. The third-order valence-corrected chi connectivity index (χ3v) is 8.60. The number of hydrogen-bond donors (Lipinski definition) is 0. The molecule has 0 aliphatic rings. The molecule has 0 aromatic carbocycles. The molecule has 0 amide bonds. The van der Waals surface area contributed by atoms with Gasteiger partial charge in [-0.15, -0.1) is 0 Å². The third kappa shape index (κ3) is 20.2. The molecule has 2 heteroatoms. The zero-order chi connectivity index (χ0) is 27.4. The van der Waals surface area contributed by atoms with E-state index in [0.29, 0.717) is 0 Å². The first-order valence-corrected chi connectivity index (χ1v) is 17.9. The summed E-state index contributed by atoms with van der Waals surface area (Å²) in [5.41, 5.74) is 0. The summed E-state index contributed by atoms with van der Waals surface area (Å²) in [7, 11) is 0. The fourth-order valence-electron chi connectivity index (χ4n) is 5.95. The van der Waals surface area contributed by atoms with Crippen LogP contribution in [0.1, 0.15) is 200 Å². The smallest absolute Gasteiger partial charge is 0.234 e. The average molecular weight is 532 g/mol. The minimum atomic E-state index is 1.22. The van der Waals surface area contributed by atoms with Crippen LogP contribution in [0.25, 0.3) is 0 Å². The van der Waals surface area contributed by atoms with Gasteiger partial charge >= 0.3 is 0 Å². The fraction of sp³-hybridized carbons (Fsp3) is 0.917. The summed E-state index contributed by atoms with van der Waals surface area (Å²) in [4.78, 5) is 0. The van der Waals surface area contributed by atoms with Crippen LogP contribution < -0.4 is 4.57 Å². The van der Waals surface area contributed by atoms with Crippen molar-refractivity contribution < 1.29 is 4.57 Å². The van der Waals surface area contributed by atoms with Crippen LogP contribution in [0.15, 0.2) is 12.4 Å². The van der Waals surface area contributed by atoms with Gasteiger partial charge in [0, 0.05) is 6.42 Å². The molecule has 0 radical (unpaired) electrons. The highest BCUT2D eigenvalue weighted by molar-refractivity contribution is 4.84. The number of unbranched alkanes of at least 4 members (excludes halogenated alkanes) is 24. The van der Waals surface area contributed by atoms with Gasteiger partial charge in [-0.3, -0.25) is 0 Å². The van der Waals surface area contributed by atoms with E-state index in [1.807, 2.05) is 0 Å². The number of imidazole rings is 1. The van der Waals surface area contributed by atoms with E-state index in [1.165, 1.54) is 193 Å². The van der Waals surface area contributed by atoms with Gasteiger partial charge in [0.05, 0.1) is 13.1 Å². The van der Waals surface area contributed by atoms with E-state index in [-0.39, 0.29) is 0 Å². The van der Waals surface area contributed by atoms with Gasteiger partial charge in [0.25, 0.3) is 5.82 Å². The molecule has 38 heavy (non-hydrogen) atoms. The molecule has 1 aromatic heterocycles. The van der Waals surface area contributed by atoms with Gasteiger partial charge in [0.15, 0.2) is 0 Å². The molecule has 0 saturated heterocycles. The summed E-state index contributed by atoms with van der Waals surface area (Å²) >= 11 is 0. The van der Waals surface area contributed by atoms with E-state index >= 15 is 0 Å². The Morgan fingerprint density at radius 2 is 0.816 bits per heavy atom. The average Bonchev–Trinajstić information content (AvgIpc) is 3.31. The number of nitrogens with zero attached hydrogens (tertiary/aromatic N) is 2. The standard InChI is InChI=1S/C36H71N2/c1-4-7-10-12-14-16-17-18-19-20-21-22-24-26-28-30-33-38-35-34-37(36(38)31-9-6-3)32-29-27-25-23-15-13-11-8-5-2/h34-35H,4-33H2,1-3H3/q+1. The van der Waals surface area contributed by atoms with Gasteiger partial charge in [-0.1, -0.05) is 162 Å². The van der Waals surface area contributed by atoms with Crippen LogP contribution >= 0.6 is 0 Å². The van der Waals surface area contributed by atoms with Gasteiger partial charge in [0.1, 0.15) is 12.4 Å². The summed E-state index contributed by atoms with van der Waals surface area (Å²) in [6.45, 7) is 9.39. The van der Waals surface area contributed by atoms with Gasteiger partial charge in [-0.2, -0.15) is 0 Å². The molecule has 224 valence electrons. The largest absolute Gasteiger partial charge is 0.256 e. The summed E-state index contributed by atoms with van der Waals surface area (Å²) in [6.07, 6.45) is 44.5. The Kier molecular flexibility index (Phi) is 25.7. The number of hydrogen-bond acceptors (Lipinski definition) is 0. The predicted octanol–water partition coefficient (Wildman–Crippen LogP) is 11.9. The van der Waals surface area contributed by atoms with Crippen LogP contribution in [0.5, 0.6) is 0 Å². The van der Waals surface area contributed by atoms with Crippen LogP contribution in [0.3, 0.4) is 0 Å². The molecule has 1 rings (SSSR count). The van der Waals surface area contributed by atoms with Crippen LogP contribution in [-0.4, -0.2) is 4.57 Å². The topological polar surface area (TPSA) is 8.81 Å². The second-order valence-corrected chi connectivity index (χ2v) is 12.3. The zero-order valence-corrected chi connectivity index (χ0v) is 26.8. The predicted molar refractivity (Wildman–Crippen MR) is 170 cm³/mol. The maximum Gasteiger partial charge on any atom is 0.256 e. The Bertz CT molecular complexity index is 590. The molecular weight excluding hydrogens is 460 g/mol. The Balaban J connectivity index is 2.06. The highest BCUT2D eigenvalue weighted by atomic mass is 15.1. The minimum absolute atomic E-state index is 1.22. The van der Waals surface area contributed by atoms with Crippen LogP contribution in [0.4, 0.5) is 0 Å². The van der Waals surface area contributed by atoms with Crippen molar-refractivity contribution in [2.24, 2.45) is 0 Å². The lowest BCUT2D eigenvalue weighted by molar-refractivity contribution is -0.704. The second kappa shape index (κ2) is 27.8. The molecule has 0 aliphatic carbocycles. The van der Waals surface area contributed by atoms with E-state index < -0.39 is 0 Å². The van der Waals surface area contributed by atoms with Crippen molar-refractivity contribution in [2.45, 2.75) is 214 Å². The first-order chi connectivity index (χ1) is 18.8. The van der Waals surface area contributed by atoms with Crippen molar-refractivity contribution in [1.29, 1.82) is 0 Å². The molecule has 0 spiro atoms. The first kappa shape index (κ1) is 35.2. The Hall–Kier alpha value is -0.790. The molecule has 0 bridgehead atoms. The quantitative estimate of drug-likeness (QED) is 0.0689. The van der Waals surface area contributed by atoms with Crippen molar-refractivity contribution in [2.75, 3.05) is 0 Å². The van der Waals surface area contributed by atoms with Crippen LogP contribution in [0.2, 0.25) is 0 Å². The third-order valence-electron chi connectivity index (χ3n) is 8.60. The number of rotatable bonds is 30. The summed E-state index contributed by atoms with van der Waals surface area (Å²) in [5.74, 6) is 1.59. The van der Waals surface area contributed by atoms with E-state index in [4.69, 9.17) is 0 Å². The van der Waals surface area contributed by atoms with Crippen molar-refractivity contribution in [3.05, 3.63) is 18.2 Å². The van der Waals surface area contributed by atoms with Gasteiger partial charge < -0.3 is 0 Å². The number of aromatic nitrogens is 2. The van der Waals surface area contributed by atoms with E-state index in [2.05, 4.69) is 42.3 Å². The molecule has 1 heterocycles. The highest BCUT2D eigenvalue weighted by Crippen LogP contribution is 2.15. The van der Waals surface area contributed by atoms with Gasteiger partial charge in [0.2, 0.25) is 0 Å². The number of aryl methyl sites for hydroxylation is 2. The Morgan fingerprint density at radius 3 is 1.24 bits per heavy atom. The molecule has 2 nitrogen and oxygen atoms in total. The molecule has 0 atom stereocenters. The SMILES string of the molecule is CCCCCCCCCCCCCCCCCCn1cc[n+](CCCCCCCCCCC)c1CCCC. The van der Waals surface area contributed by atoms with E-state index in [0.717, 1.165) is 0 Å². The van der Waals surface area contributed by atoms with Crippen LogP contribution in [-0.2, 0) is 19.5 Å². The maximum absolute atomic E-state index is 2.59. The molecule has 0 aliphatic heterocycles. The van der Waals surface area contributed by atoms with E-state index in [1.54, 1.807) is 5.82 Å². The zero-order valence-electron chi connectivity index (χ0n) is 26.8. The first-order valence-electron chi connectivity index (χ1n) is 17.9. The molecule has 1 aromatic rings. The van der Waals surface area contributed by atoms with Crippen molar-refractivity contribution in [1.82, 2.24) is 4.57 Å². The Morgan fingerprint density at radius 1 is 0.447 bits per heavy atom. The molecule has 0 saturated carbocycles. The van der Waals surface area contributed by atoms with Crippen molar-refractivity contribution in [3.8, 4) is 0 Å². The van der Waals surface area contributed by atoms with E-state index in [9.17, 15) is 0 Å². The lowest BCUT2D eigenvalue weighted by Gasteiger charge is -2.06. The second-order valence-electron chi connectivity index (χ2n) is 12.3. The minimum Gasteiger partial charge on any atom is -0.234 e. The van der Waals surface area contributed by atoms with Gasteiger partial charge in [-0.25, -0.2) is 9.13 Å². The lowest BCUT2D eigenvalue weighted by atomic mass is 10.0. The molecular formula is C36H71N2+. The van der Waals surface area contributed by atoms with Crippen molar-refractivity contribution in [3.63, 3.8) is 0 Å². The molecule has 0 unspecified atom stereocenters. The summed E-state index contributed by atoms with van der Waals surface area (Å²) in [5, 5.41) is 0. The maximum atomic E-state index is 2.59. The lowest BCUT2D eigenvalue weighted by Crippen LogP contribution is -2.37. The molecule has 0 N–H and O–H groups in total. The van der Waals surface area contributed by atoms with Crippen LogP contribution in [0, 0.1) is 0 Å². The summed E-state index contributed by atoms with van der Waals surface area (Å²) < 4.78 is 5.18. The highest BCUT2D eigenvalue weighted by Gasteiger charge is 2.16.